The first-order chi connectivity index (χ1) is 19.5. The number of carbonyl (C=O) groups is 1. The van der Waals surface area contributed by atoms with Gasteiger partial charge in [-0.2, -0.15) is 5.26 Å². The normalized spacial score (nSPS) is 15.4. The predicted octanol–water partition coefficient (Wildman–Crippen LogP) is 6.02. The topological polar surface area (TPSA) is 110 Å². The summed E-state index contributed by atoms with van der Waals surface area (Å²) in [6.07, 6.45) is 2.04. The molecule has 1 aliphatic carbocycles. The van der Waals surface area contributed by atoms with E-state index in [1.165, 1.54) is 12.8 Å². The smallest absolute Gasteiger partial charge is 0.414 e. The van der Waals surface area contributed by atoms with Gasteiger partial charge in [-0.3, -0.25) is 4.90 Å². The summed E-state index contributed by atoms with van der Waals surface area (Å²) in [5, 5.41) is 22.6. The van der Waals surface area contributed by atoms with E-state index in [1.807, 2.05) is 54.6 Å². The molecule has 1 saturated heterocycles. The van der Waals surface area contributed by atoms with Crippen molar-refractivity contribution in [3.05, 3.63) is 60.3 Å². The van der Waals surface area contributed by atoms with Crippen LogP contribution in [0.5, 0.6) is 11.5 Å². The number of cyclic esters (lactones) is 1. The van der Waals surface area contributed by atoms with E-state index in [9.17, 15) is 10.1 Å². The van der Waals surface area contributed by atoms with Crippen molar-refractivity contribution >= 4 is 28.4 Å². The maximum atomic E-state index is 12.1. The van der Waals surface area contributed by atoms with Gasteiger partial charge in [0.05, 0.1) is 37.7 Å². The monoisotopic (exact) mass is 535 g/mol. The Labute approximate surface area is 232 Å². The van der Waals surface area contributed by atoms with E-state index in [2.05, 4.69) is 28.5 Å². The first-order valence-corrected chi connectivity index (χ1v) is 13.3. The van der Waals surface area contributed by atoms with Gasteiger partial charge >= 0.3 is 6.09 Å². The summed E-state index contributed by atoms with van der Waals surface area (Å²) in [6.45, 7) is 3.02. The summed E-state index contributed by atoms with van der Waals surface area (Å²) in [6, 6.07) is 20.0. The van der Waals surface area contributed by atoms with E-state index in [0.29, 0.717) is 41.8 Å². The van der Waals surface area contributed by atoms with Crippen LogP contribution in [0.15, 0.2) is 54.6 Å². The lowest BCUT2D eigenvalue weighted by molar-refractivity contribution is 0.181. The van der Waals surface area contributed by atoms with Crippen molar-refractivity contribution in [1.82, 2.24) is 10.2 Å². The van der Waals surface area contributed by atoms with Gasteiger partial charge in [0.2, 0.25) is 0 Å². The molecule has 1 N–H and O–H groups in total. The van der Waals surface area contributed by atoms with E-state index in [0.717, 1.165) is 39.0 Å². The lowest BCUT2D eigenvalue weighted by atomic mass is 9.96. The van der Waals surface area contributed by atoms with Gasteiger partial charge in [-0.25, -0.2) is 4.79 Å². The van der Waals surface area contributed by atoms with Crippen LogP contribution >= 0.6 is 0 Å². The van der Waals surface area contributed by atoms with Gasteiger partial charge in [-0.1, -0.05) is 12.1 Å². The molecule has 4 aromatic rings. The average Bonchev–Trinajstić information content (AvgIpc) is 3.76. The van der Waals surface area contributed by atoms with Gasteiger partial charge in [-0.15, -0.1) is 10.2 Å². The van der Waals surface area contributed by atoms with Crippen LogP contribution in [0.25, 0.3) is 33.2 Å². The quantitative estimate of drug-likeness (QED) is 0.292. The fraction of sp³-hybridized carbons (Fsp3) is 0.290. The number of amides is 1. The van der Waals surface area contributed by atoms with Gasteiger partial charge in [0.25, 0.3) is 0 Å². The molecule has 40 heavy (non-hydrogen) atoms. The number of carbonyl (C=O) groups excluding carboxylic acids is 1. The molecule has 1 saturated carbocycles. The molecule has 3 aromatic carbocycles. The zero-order chi connectivity index (χ0) is 27.8. The van der Waals surface area contributed by atoms with E-state index in [1.54, 1.807) is 19.1 Å². The van der Waals surface area contributed by atoms with Crippen molar-refractivity contribution in [2.24, 2.45) is 5.92 Å². The average molecular weight is 536 g/mol. The zero-order valence-corrected chi connectivity index (χ0v) is 22.6. The number of fused-ring (bicyclic) bond motifs is 1. The van der Waals surface area contributed by atoms with Crippen LogP contribution in [0.3, 0.4) is 0 Å². The summed E-state index contributed by atoms with van der Waals surface area (Å²) in [5.41, 5.74) is 6.02. The van der Waals surface area contributed by atoms with E-state index in [-0.39, 0.29) is 12.1 Å². The SMILES string of the molecule is COc1cc(N2CCOC2=O)ccc1-c1ccc(OC)c(-c2ccc3c(N[C@H](C)C4CC4)c(C#N)nnc3c2)c1. The molecule has 0 radical (unpaired) electrons. The second-order valence-corrected chi connectivity index (χ2v) is 10.1. The largest absolute Gasteiger partial charge is 0.496 e. The Morgan fingerprint density at radius 2 is 1.77 bits per heavy atom. The number of ether oxygens (including phenoxy) is 3. The Balaban J connectivity index is 1.40. The minimum Gasteiger partial charge on any atom is -0.496 e. The van der Waals surface area contributed by atoms with Crippen molar-refractivity contribution in [1.29, 1.82) is 5.26 Å². The number of hydrogen-bond acceptors (Lipinski definition) is 8. The summed E-state index contributed by atoms with van der Waals surface area (Å²) in [4.78, 5) is 13.6. The number of nitrogens with one attached hydrogen (secondary N) is 1. The van der Waals surface area contributed by atoms with Crippen LogP contribution < -0.4 is 19.7 Å². The third-order valence-electron chi connectivity index (χ3n) is 7.65. The van der Waals surface area contributed by atoms with Gasteiger partial charge in [-0.05, 0) is 73.2 Å². The Morgan fingerprint density at radius 3 is 2.48 bits per heavy atom. The molecular weight excluding hydrogens is 506 g/mol. The highest BCUT2D eigenvalue weighted by atomic mass is 16.6. The molecular formula is C31H29N5O4. The Bertz CT molecular complexity index is 1660. The predicted molar refractivity (Wildman–Crippen MR) is 153 cm³/mol. The zero-order valence-electron chi connectivity index (χ0n) is 22.6. The third kappa shape index (κ3) is 4.62. The Hall–Kier alpha value is -4.84. The van der Waals surface area contributed by atoms with Gasteiger partial charge in [0, 0.05) is 28.6 Å². The number of aromatic nitrogens is 2. The highest BCUT2D eigenvalue weighted by molar-refractivity contribution is 5.96. The van der Waals surface area contributed by atoms with Crippen molar-refractivity contribution in [3.63, 3.8) is 0 Å². The Morgan fingerprint density at radius 1 is 1.00 bits per heavy atom. The van der Waals surface area contributed by atoms with Crippen LogP contribution in [0.4, 0.5) is 16.2 Å². The molecule has 2 heterocycles. The van der Waals surface area contributed by atoms with Crippen molar-refractivity contribution in [3.8, 4) is 39.8 Å². The molecule has 2 fully saturated rings. The van der Waals surface area contributed by atoms with Crippen LogP contribution in [0.1, 0.15) is 25.5 Å². The molecule has 0 unspecified atom stereocenters. The molecule has 6 rings (SSSR count). The minimum atomic E-state index is -0.358. The minimum absolute atomic E-state index is 0.258. The van der Waals surface area contributed by atoms with E-state index < -0.39 is 0 Å². The third-order valence-corrected chi connectivity index (χ3v) is 7.65. The fourth-order valence-corrected chi connectivity index (χ4v) is 5.26. The second kappa shape index (κ2) is 10.4. The molecule has 0 spiro atoms. The van der Waals surface area contributed by atoms with Crippen LogP contribution in [-0.4, -0.2) is 49.7 Å². The molecule has 9 nitrogen and oxygen atoms in total. The van der Waals surface area contributed by atoms with Gasteiger partial charge in [0.15, 0.2) is 5.69 Å². The molecule has 1 aliphatic heterocycles. The van der Waals surface area contributed by atoms with E-state index >= 15 is 0 Å². The molecule has 2 aliphatic rings. The number of benzene rings is 3. The van der Waals surface area contributed by atoms with Crippen LogP contribution in [-0.2, 0) is 4.74 Å². The Kier molecular flexibility index (Phi) is 6.60. The van der Waals surface area contributed by atoms with E-state index in [4.69, 9.17) is 14.2 Å². The number of anilines is 2. The highest BCUT2D eigenvalue weighted by Gasteiger charge is 2.29. The van der Waals surface area contributed by atoms with Crippen LogP contribution in [0, 0.1) is 17.2 Å². The number of hydrogen-bond donors (Lipinski definition) is 1. The first-order valence-electron chi connectivity index (χ1n) is 13.3. The lowest BCUT2D eigenvalue weighted by Gasteiger charge is -2.18. The number of rotatable bonds is 8. The summed E-state index contributed by atoms with van der Waals surface area (Å²) < 4.78 is 16.5. The van der Waals surface area contributed by atoms with Gasteiger partial charge < -0.3 is 19.5 Å². The molecule has 1 aromatic heterocycles. The maximum absolute atomic E-state index is 12.1. The first kappa shape index (κ1) is 25.4. The molecule has 1 amide bonds. The van der Waals surface area contributed by atoms with Crippen molar-refractivity contribution in [2.45, 2.75) is 25.8 Å². The number of methoxy groups -OCH3 is 2. The fourth-order valence-electron chi connectivity index (χ4n) is 5.26. The molecule has 1 atom stereocenters. The molecule has 202 valence electrons. The lowest BCUT2D eigenvalue weighted by Crippen LogP contribution is -2.23. The van der Waals surface area contributed by atoms with Crippen molar-refractivity contribution in [2.75, 3.05) is 37.6 Å². The number of nitrogens with zero attached hydrogens (tertiary/aromatic N) is 4. The number of nitriles is 1. The standard InChI is InChI=1S/C31H29N5O4/c1-18(19-4-5-19)33-30-24-9-6-21(15-26(24)34-35-27(30)17-32)25-14-20(7-11-28(25)38-2)23-10-8-22(16-29(23)39-3)36-12-13-40-31(36)37/h6-11,14-16,18-19H,4-5,12-13H2,1-3H3,(H,33,34)/t18-/m1/s1. The second-order valence-electron chi connectivity index (χ2n) is 10.1. The summed E-state index contributed by atoms with van der Waals surface area (Å²) in [7, 11) is 3.26. The van der Waals surface area contributed by atoms with Crippen molar-refractivity contribution < 1.29 is 19.0 Å². The summed E-state index contributed by atoms with van der Waals surface area (Å²) in [5.74, 6) is 1.97. The molecule has 9 heteroatoms. The van der Waals surface area contributed by atoms with Crippen LogP contribution in [0.2, 0.25) is 0 Å². The summed E-state index contributed by atoms with van der Waals surface area (Å²) >= 11 is 0. The highest BCUT2D eigenvalue weighted by Crippen LogP contribution is 2.41. The maximum Gasteiger partial charge on any atom is 0.414 e. The molecule has 0 bridgehead atoms. The van der Waals surface area contributed by atoms with Gasteiger partial charge in [0.1, 0.15) is 24.2 Å².